The van der Waals surface area contributed by atoms with Crippen LogP contribution >= 0.6 is 0 Å². The first-order chi connectivity index (χ1) is 15.7. The molecule has 0 unspecified atom stereocenters. The molecule has 2 aliphatic carbocycles. The third-order valence-electron chi connectivity index (χ3n) is 6.97. The quantitative estimate of drug-likeness (QED) is 0.524. The minimum absolute atomic E-state index is 0.360. The molecule has 0 spiro atoms. The summed E-state index contributed by atoms with van der Waals surface area (Å²) < 4.78 is 5.49. The molecule has 7 nitrogen and oxygen atoms in total. The van der Waals surface area contributed by atoms with Crippen LogP contribution in [-0.4, -0.2) is 54.6 Å². The Morgan fingerprint density at radius 1 is 1.22 bits per heavy atom. The molecule has 1 aromatic carbocycles. The molecule has 1 saturated heterocycles. The highest BCUT2D eigenvalue weighted by atomic mass is 16.5. The zero-order valence-electron chi connectivity index (χ0n) is 18.7. The van der Waals surface area contributed by atoms with Crippen molar-refractivity contribution < 1.29 is 4.74 Å². The molecular weight excluding hydrogens is 400 g/mol. The highest BCUT2D eigenvalue weighted by Gasteiger charge is 2.31. The minimum atomic E-state index is 0.360. The van der Waals surface area contributed by atoms with Gasteiger partial charge in [0.1, 0.15) is 0 Å². The first-order valence-electron chi connectivity index (χ1n) is 12.1. The molecule has 0 radical (unpaired) electrons. The molecule has 2 aromatic rings. The summed E-state index contributed by atoms with van der Waals surface area (Å²) in [5.41, 5.74) is 10.9. The van der Waals surface area contributed by atoms with Gasteiger partial charge in [0.2, 0.25) is 0 Å². The topological polar surface area (TPSA) is 100 Å². The summed E-state index contributed by atoms with van der Waals surface area (Å²) in [6.07, 6.45) is 10.8. The second-order valence-corrected chi connectivity index (χ2v) is 9.41. The maximum Gasteiger partial charge on any atom is 0.0925 e. The molecule has 0 bridgehead atoms. The van der Waals surface area contributed by atoms with Crippen molar-refractivity contribution in [2.45, 2.75) is 44.6 Å². The summed E-state index contributed by atoms with van der Waals surface area (Å²) in [5, 5.41) is 12.3. The van der Waals surface area contributed by atoms with E-state index >= 15 is 0 Å². The van der Waals surface area contributed by atoms with Crippen molar-refractivity contribution in [3.05, 3.63) is 36.3 Å². The molecule has 2 saturated carbocycles. The zero-order valence-corrected chi connectivity index (χ0v) is 18.7. The number of morpholine rings is 1. The highest BCUT2D eigenvalue weighted by Crippen LogP contribution is 2.36. The van der Waals surface area contributed by atoms with Gasteiger partial charge in [-0.05, 0) is 69.2 Å². The minimum Gasteiger partial charge on any atom is -0.388 e. The lowest BCUT2D eigenvalue weighted by molar-refractivity contribution is 0.122. The van der Waals surface area contributed by atoms with Crippen LogP contribution in [-0.2, 0) is 4.74 Å². The average Bonchev–Trinajstić information content (AvgIpc) is 3.65. The maximum absolute atomic E-state index is 8.75. The Hall–Kier alpha value is -2.51. The number of benzene rings is 1. The van der Waals surface area contributed by atoms with E-state index in [4.69, 9.17) is 20.9 Å². The summed E-state index contributed by atoms with van der Waals surface area (Å²) in [7, 11) is 0. The van der Waals surface area contributed by atoms with Crippen molar-refractivity contribution in [1.82, 2.24) is 15.3 Å². The molecule has 170 valence electrons. The highest BCUT2D eigenvalue weighted by molar-refractivity contribution is 6.23. The molecular formula is C25H34N6O. The van der Waals surface area contributed by atoms with Gasteiger partial charge >= 0.3 is 0 Å². The molecule has 4 N–H and O–H groups in total. The summed E-state index contributed by atoms with van der Waals surface area (Å²) in [6.45, 7) is 4.09. The number of nitrogens with zero attached hydrogens (tertiary/aromatic N) is 3. The van der Waals surface area contributed by atoms with E-state index in [1.54, 1.807) is 0 Å². The molecule has 3 fully saturated rings. The van der Waals surface area contributed by atoms with Crippen LogP contribution in [0.5, 0.6) is 0 Å². The number of rotatable bonds is 9. The van der Waals surface area contributed by atoms with E-state index in [-0.39, 0.29) is 0 Å². The van der Waals surface area contributed by atoms with Gasteiger partial charge in [0.05, 0.1) is 36.1 Å². The van der Waals surface area contributed by atoms with Crippen molar-refractivity contribution in [3.63, 3.8) is 0 Å². The van der Waals surface area contributed by atoms with Crippen molar-refractivity contribution in [1.29, 1.82) is 5.41 Å². The van der Waals surface area contributed by atoms with Crippen molar-refractivity contribution in [2.75, 3.05) is 37.7 Å². The van der Waals surface area contributed by atoms with Crippen LogP contribution in [0.4, 0.5) is 5.69 Å². The second kappa shape index (κ2) is 9.55. The lowest BCUT2D eigenvalue weighted by atomic mass is 9.77. The van der Waals surface area contributed by atoms with Gasteiger partial charge in [-0.15, -0.1) is 0 Å². The van der Waals surface area contributed by atoms with E-state index in [2.05, 4.69) is 27.3 Å². The molecule has 0 amide bonds. The van der Waals surface area contributed by atoms with E-state index < -0.39 is 0 Å². The average molecular weight is 435 g/mol. The third kappa shape index (κ3) is 4.79. The fourth-order valence-electron chi connectivity index (χ4n) is 4.74. The first-order valence-corrected chi connectivity index (χ1v) is 12.1. The van der Waals surface area contributed by atoms with Crippen molar-refractivity contribution >= 4 is 28.0 Å². The smallest absolute Gasteiger partial charge is 0.0925 e. The number of hydrogen-bond acceptors (Lipinski definition) is 7. The van der Waals surface area contributed by atoms with Crippen molar-refractivity contribution in [3.8, 4) is 0 Å². The summed E-state index contributed by atoms with van der Waals surface area (Å²) in [6, 6.07) is 6.77. The van der Waals surface area contributed by atoms with Crippen LogP contribution in [0.15, 0.2) is 30.6 Å². The van der Waals surface area contributed by atoms with Gasteiger partial charge in [-0.2, -0.15) is 0 Å². The number of fused-ring (bicyclic) bond motifs is 1. The first kappa shape index (κ1) is 21.3. The predicted octanol–water partition coefficient (Wildman–Crippen LogP) is 3.34. The zero-order chi connectivity index (χ0) is 21.9. The Bertz CT molecular complexity index is 989. The van der Waals surface area contributed by atoms with Gasteiger partial charge in [-0.1, -0.05) is 0 Å². The maximum atomic E-state index is 8.75. The van der Waals surface area contributed by atoms with Gasteiger partial charge in [0.25, 0.3) is 0 Å². The molecule has 1 aliphatic heterocycles. The van der Waals surface area contributed by atoms with Gasteiger partial charge in [0, 0.05) is 48.2 Å². The van der Waals surface area contributed by atoms with E-state index in [0.717, 1.165) is 86.0 Å². The van der Waals surface area contributed by atoms with Gasteiger partial charge in [0.15, 0.2) is 0 Å². The molecule has 0 atom stereocenters. The van der Waals surface area contributed by atoms with E-state index in [0.29, 0.717) is 17.7 Å². The SMILES string of the molecule is N=C(/C(=C\NC1CC(CCCN)C1)c1cnc2ccc(N3CCOCC3)cc2n1)C1CC1. The van der Waals surface area contributed by atoms with Crippen LogP contribution in [0.2, 0.25) is 0 Å². The van der Waals surface area contributed by atoms with E-state index in [1.165, 1.54) is 19.3 Å². The van der Waals surface area contributed by atoms with Crippen LogP contribution < -0.4 is 16.0 Å². The Kier molecular flexibility index (Phi) is 6.37. The summed E-state index contributed by atoms with van der Waals surface area (Å²) in [5.74, 6) is 1.15. The van der Waals surface area contributed by atoms with Gasteiger partial charge in [-0.3, -0.25) is 4.98 Å². The molecule has 1 aromatic heterocycles. The number of anilines is 1. The van der Waals surface area contributed by atoms with Crippen LogP contribution in [0.1, 0.15) is 44.2 Å². The van der Waals surface area contributed by atoms with Crippen LogP contribution in [0.25, 0.3) is 16.6 Å². The fraction of sp³-hybridized carbons (Fsp3) is 0.560. The van der Waals surface area contributed by atoms with Gasteiger partial charge < -0.3 is 26.1 Å². The molecule has 7 heteroatoms. The van der Waals surface area contributed by atoms with Crippen LogP contribution in [0.3, 0.4) is 0 Å². The standard InChI is InChI=1S/C25H34N6O/c26-7-1-2-17-12-19(13-17)28-15-21(25(27)18-3-4-18)24-16-29-22-6-5-20(14-23(22)30-24)31-8-10-32-11-9-31/h5-6,14-19,27-28H,1-4,7-13,26H2/b21-15-,27-25?. The number of hydrogen-bond donors (Lipinski definition) is 3. The molecule has 5 rings (SSSR count). The van der Waals surface area contributed by atoms with Crippen LogP contribution in [0, 0.1) is 17.2 Å². The Morgan fingerprint density at radius 2 is 2.03 bits per heavy atom. The number of aromatic nitrogens is 2. The lowest BCUT2D eigenvalue weighted by Gasteiger charge is -2.35. The number of ether oxygens (including phenoxy) is 1. The number of allylic oxidation sites excluding steroid dienone is 1. The van der Waals surface area contributed by atoms with Crippen molar-refractivity contribution in [2.24, 2.45) is 17.6 Å². The number of nitrogens with two attached hydrogens (primary N) is 1. The molecule has 2 heterocycles. The van der Waals surface area contributed by atoms with Gasteiger partial charge in [-0.25, -0.2) is 4.98 Å². The summed E-state index contributed by atoms with van der Waals surface area (Å²) >= 11 is 0. The lowest BCUT2D eigenvalue weighted by Crippen LogP contribution is -2.39. The third-order valence-corrected chi connectivity index (χ3v) is 6.97. The fourth-order valence-corrected chi connectivity index (χ4v) is 4.74. The Morgan fingerprint density at radius 3 is 2.78 bits per heavy atom. The summed E-state index contributed by atoms with van der Waals surface area (Å²) in [4.78, 5) is 12.0. The largest absolute Gasteiger partial charge is 0.388 e. The Balaban J connectivity index is 1.35. The van der Waals surface area contributed by atoms with E-state index in [9.17, 15) is 0 Å². The number of nitrogens with one attached hydrogen (secondary N) is 2. The second-order valence-electron chi connectivity index (χ2n) is 9.41. The predicted molar refractivity (Wildman–Crippen MR) is 129 cm³/mol. The Labute approximate surface area is 189 Å². The monoisotopic (exact) mass is 434 g/mol. The van der Waals surface area contributed by atoms with E-state index in [1.807, 2.05) is 18.5 Å². The molecule has 32 heavy (non-hydrogen) atoms. The normalized spacial score (nSPS) is 23.8. The molecule has 3 aliphatic rings.